The van der Waals surface area contributed by atoms with E-state index in [2.05, 4.69) is 9.71 Å². The van der Waals surface area contributed by atoms with E-state index in [1.165, 1.54) is 26.2 Å². The first-order valence-corrected chi connectivity index (χ1v) is 6.37. The fraction of sp³-hybridized carbons (Fsp3) is 0.400. The van der Waals surface area contributed by atoms with Crippen molar-refractivity contribution < 1.29 is 17.6 Å². The summed E-state index contributed by atoms with van der Waals surface area (Å²) in [6.45, 7) is 2.56. The van der Waals surface area contributed by atoms with Gasteiger partial charge in [0.15, 0.2) is 6.17 Å². The minimum absolute atomic E-state index is 0.267. The molecule has 0 saturated heterocycles. The molecule has 0 saturated carbocycles. The molecule has 0 aliphatic heterocycles. The summed E-state index contributed by atoms with van der Waals surface area (Å²) < 4.78 is 38.6. The molecule has 0 amide bonds. The Hall–Kier alpha value is -1.34. The number of pyridine rings is 1. The Bertz CT molecular complexity index is 540. The molecule has 1 atom stereocenters. The molecule has 1 heterocycles. The van der Waals surface area contributed by atoms with E-state index in [0.717, 1.165) is 6.92 Å². The summed E-state index contributed by atoms with van der Waals surface area (Å²) >= 11 is 0. The molecule has 0 spiro atoms. The van der Waals surface area contributed by atoms with Crippen LogP contribution in [0, 0.1) is 6.92 Å². The number of hydrogen-bond donors (Lipinski definition) is 1. The zero-order valence-corrected chi connectivity index (χ0v) is 10.5. The number of carbonyl (C=O) groups is 1. The fourth-order valence-electron chi connectivity index (χ4n) is 1.35. The highest BCUT2D eigenvalue weighted by Crippen LogP contribution is 2.19. The van der Waals surface area contributed by atoms with Gasteiger partial charge in [-0.25, -0.2) is 17.5 Å². The highest BCUT2D eigenvalue weighted by molar-refractivity contribution is 7.89. The molecule has 1 N–H and O–H groups in total. The van der Waals surface area contributed by atoms with Gasteiger partial charge in [0.05, 0.1) is 0 Å². The Morgan fingerprint density at radius 2 is 2.12 bits per heavy atom. The molecule has 1 aromatic rings. The van der Waals surface area contributed by atoms with Gasteiger partial charge in [0.1, 0.15) is 10.6 Å². The third kappa shape index (κ3) is 2.67. The van der Waals surface area contributed by atoms with Crippen LogP contribution in [0.4, 0.5) is 4.39 Å². The molecule has 7 heteroatoms. The monoisotopic (exact) mass is 260 g/mol. The van der Waals surface area contributed by atoms with Gasteiger partial charge >= 0.3 is 0 Å². The number of rotatable bonds is 4. The molecular weight excluding hydrogens is 247 g/mol. The first-order valence-electron chi connectivity index (χ1n) is 4.88. The Balaban J connectivity index is 3.54. The van der Waals surface area contributed by atoms with Crippen LogP contribution in [0.15, 0.2) is 17.2 Å². The zero-order valence-electron chi connectivity index (χ0n) is 9.69. The maximum atomic E-state index is 13.0. The normalized spacial score (nSPS) is 13.4. The molecule has 1 unspecified atom stereocenters. The van der Waals surface area contributed by atoms with E-state index < -0.39 is 22.0 Å². The molecule has 0 aromatic carbocycles. The van der Waals surface area contributed by atoms with Crippen molar-refractivity contribution in [2.45, 2.75) is 24.9 Å². The van der Waals surface area contributed by atoms with E-state index in [1.807, 2.05) is 0 Å². The van der Waals surface area contributed by atoms with Crippen LogP contribution in [0.2, 0.25) is 0 Å². The number of halogens is 1. The van der Waals surface area contributed by atoms with Crippen LogP contribution in [-0.2, 0) is 10.0 Å². The maximum absolute atomic E-state index is 13.0. The SMILES string of the molecule is CNS(=O)(=O)c1c(C)ccnc1C(=O)C(C)F. The molecule has 0 aliphatic carbocycles. The van der Waals surface area contributed by atoms with Crippen LogP contribution in [0.25, 0.3) is 0 Å². The van der Waals surface area contributed by atoms with Gasteiger partial charge in [-0.1, -0.05) is 0 Å². The number of aromatic nitrogens is 1. The van der Waals surface area contributed by atoms with Crippen LogP contribution < -0.4 is 4.72 Å². The van der Waals surface area contributed by atoms with Gasteiger partial charge in [0.25, 0.3) is 0 Å². The summed E-state index contributed by atoms with van der Waals surface area (Å²) in [4.78, 5) is 14.9. The molecule has 1 aromatic heterocycles. The highest BCUT2D eigenvalue weighted by Gasteiger charge is 2.27. The van der Waals surface area contributed by atoms with E-state index in [0.29, 0.717) is 5.56 Å². The van der Waals surface area contributed by atoms with Gasteiger partial charge in [-0.15, -0.1) is 0 Å². The maximum Gasteiger partial charge on any atom is 0.242 e. The number of hydrogen-bond acceptors (Lipinski definition) is 4. The van der Waals surface area contributed by atoms with Crippen molar-refractivity contribution in [3.05, 3.63) is 23.5 Å². The minimum atomic E-state index is -3.84. The van der Waals surface area contributed by atoms with E-state index in [4.69, 9.17) is 0 Å². The molecular formula is C10H13FN2O3S. The summed E-state index contributed by atoms with van der Waals surface area (Å²) in [5.74, 6) is -0.942. The topological polar surface area (TPSA) is 76.1 Å². The average molecular weight is 260 g/mol. The smallest absolute Gasteiger partial charge is 0.242 e. The lowest BCUT2D eigenvalue weighted by Gasteiger charge is -2.11. The number of sulfonamides is 1. The first-order chi connectivity index (χ1) is 7.81. The van der Waals surface area contributed by atoms with Crippen molar-refractivity contribution in [1.29, 1.82) is 0 Å². The van der Waals surface area contributed by atoms with Gasteiger partial charge in [-0.2, -0.15) is 0 Å². The second-order valence-electron chi connectivity index (χ2n) is 3.49. The number of alkyl halides is 1. The lowest BCUT2D eigenvalue weighted by molar-refractivity contribution is 0.0883. The van der Waals surface area contributed by atoms with Gasteiger partial charge in [0, 0.05) is 6.20 Å². The van der Waals surface area contributed by atoms with Crippen molar-refractivity contribution in [2.24, 2.45) is 0 Å². The summed E-state index contributed by atoms with van der Waals surface area (Å²) in [6.07, 6.45) is -0.519. The van der Waals surface area contributed by atoms with E-state index in [1.54, 1.807) is 0 Å². The van der Waals surface area contributed by atoms with Gasteiger partial charge in [-0.05, 0) is 32.5 Å². The van der Waals surface area contributed by atoms with Gasteiger partial charge in [0.2, 0.25) is 15.8 Å². The Morgan fingerprint density at radius 1 is 1.53 bits per heavy atom. The Kier molecular flexibility index (Phi) is 3.94. The van der Waals surface area contributed by atoms with E-state index in [-0.39, 0.29) is 10.6 Å². The second-order valence-corrected chi connectivity index (χ2v) is 5.32. The second kappa shape index (κ2) is 4.89. The molecule has 0 fully saturated rings. The van der Waals surface area contributed by atoms with Crippen LogP contribution in [0.5, 0.6) is 0 Å². The predicted octanol–water partition coefficient (Wildman–Crippen LogP) is 0.839. The third-order valence-electron chi connectivity index (χ3n) is 2.23. The fourth-order valence-corrected chi connectivity index (χ4v) is 2.45. The molecule has 0 aliphatic rings. The molecule has 5 nitrogen and oxygen atoms in total. The van der Waals surface area contributed by atoms with Crippen LogP contribution in [0.1, 0.15) is 23.0 Å². The van der Waals surface area contributed by atoms with E-state index >= 15 is 0 Å². The zero-order chi connectivity index (χ0) is 13.2. The van der Waals surface area contributed by atoms with Crippen LogP contribution in [0.3, 0.4) is 0 Å². The Labute approximate surface area is 99.1 Å². The summed E-state index contributed by atoms with van der Waals surface area (Å²) in [6, 6.07) is 1.45. The number of Topliss-reactive ketones (excluding diaryl/α,β-unsaturated/α-hetero) is 1. The van der Waals surface area contributed by atoms with Gasteiger partial charge < -0.3 is 0 Å². The summed E-state index contributed by atoms with van der Waals surface area (Å²) in [5, 5.41) is 0. The van der Waals surface area contributed by atoms with Crippen molar-refractivity contribution in [1.82, 2.24) is 9.71 Å². The predicted molar refractivity (Wildman–Crippen MR) is 60.1 cm³/mol. The van der Waals surface area contributed by atoms with Gasteiger partial charge in [-0.3, -0.25) is 9.78 Å². The lowest BCUT2D eigenvalue weighted by atomic mass is 10.1. The van der Waals surface area contributed by atoms with E-state index in [9.17, 15) is 17.6 Å². The standard InChI is InChI=1S/C10H13FN2O3S/c1-6-4-5-13-8(9(14)7(2)11)10(6)17(15,16)12-3/h4-5,7,12H,1-3H3. The average Bonchev–Trinajstić information content (AvgIpc) is 2.27. The Morgan fingerprint density at radius 3 is 2.59 bits per heavy atom. The minimum Gasteiger partial charge on any atom is -0.289 e. The summed E-state index contributed by atoms with van der Waals surface area (Å²) in [5.41, 5.74) is -0.0206. The molecule has 17 heavy (non-hydrogen) atoms. The largest absolute Gasteiger partial charge is 0.289 e. The van der Waals surface area contributed by atoms with Crippen molar-refractivity contribution in [3.8, 4) is 0 Å². The molecule has 0 bridgehead atoms. The number of ketones is 1. The molecule has 1 rings (SSSR count). The number of carbonyl (C=O) groups excluding carboxylic acids is 1. The number of nitrogens with zero attached hydrogens (tertiary/aromatic N) is 1. The quantitative estimate of drug-likeness (QED) is 0.814. The summed E-state index contributed by atoms with van der Waals surface area (Å²) in [7, 11) is -2.62. The lowest BCUT2D eigenvalue weighted by Crippen LogP contribution is -2.25. The first kappa shape index (κ1) is 13.7. The van der Waals surface area contributed by atoms with Crippen molar-refractivity contribution >= 4 is 15.8 Å². The molecule has 0 radical (unpaired) electrons. The number of aryl methyl sites for hydroxylation is 1. The third-order valence-corrected chi connectivity index (χ3v) is 3.82. The van der Waals surface area contributed by atoms with Crippen molar-refractivity contribution in [3.63, 3.8) is 0 Å². The van der Waals surface area contributed by atoms with Crippen LogP contribution >= 0.6 is 0 Å². The highest BCUT2D eigenvalue weighted by atomic mass is 32.2. The van der Waals surface area contributed by atoms with Crippen molar-refractivity contribution in [2.75, 3.05) is 7.05 Å². The molecule has 94 valence electrons. The van der Waals surface area contributed by atoms with Crippen LogP contribution in [-0.4, -0.2) is 32.4 Å². The number of nitrogens with one attached hydrogen (secondary N) is 1.